The highest BCUT2D eigenvalue weighted by molar-refractivity contribution is 7.10. The van der Waals surface area contributed by atoms with Crippen LogP contribution in [0.5, 0.6) is 0 Å². The summed E-state index contributed by atoms with van der Waals surface area (Å²) in [7, 11) is 0. The highest BCUT2D eigenvalue weighted by Gasteiger charge is 2.28. The zero-order valence-electron chi connectivity index (χ0n) is 9.94. The Morgan fingerprint density at radius 1 is 1.47 bits per heavy atom. The second kappa shape index (κ2) is 4.47. The molecular weight excluding hydrogens is 266 g/mol. The molecule has 2 aromatic heterocycles. The topological polar surface area (TPSA) is 98.2 Å². The van der Waals surface area contributed by atoms with Crippen LogP contribution in [0.3, 0.4) is 0 Å². The Kier molecular flexibility index (Phi) is 2.79. The van der Waals surface area contributed by atoms with E-state index in [0.29, 0.717) is 18.9 Å². The van der Waals surface area contributed by atoms with Crippen molar-refractivity contribution in [2.75, 3.05) is 17.2 Å². The van der Waals surface area contributed by atoms with Gasteiger partial charge in [0.05, 0.1) is 4.92 Å². The van der Waals surface area contributed by atoms with Crippen molar-refractivity contribution < 1.29 is 4.92 Å². The van der Waals surface area contributed by atoms with Gasteiger partial charge in [-0.3, -0.25) is 10.1 Å². The maximum Gasteiger partial charge on any atom is 0.353 e. The van der Waals surface area contributed by atoms with Crippen molar-refractivity contribution in [2.24, 2.45) is 0 Å². The Bertz CT molecular complexity index is 642. The second-order valence-corrected chi connectivity index (χ2v) is 5.23. The lowest BCUT2D eigenvalue weighted by molar-refractivity contribution is -0.383. The standard InChI is InChI=1S/C11H11N5O2S/c12-10-9(16(17)18)11(14-6-13-10)15-3-1-8-7(5-15)2-4-19-8/h2,4,6H,1,3,5H2,(H2,12,13,14). The van der Waals surface area contributed by atoms with E-state index in [0.717, 1.165) is 6.42 Å². The van der Waals surface area contributed by atoms with Gasteiger partial charge in [0.25, 0.3) is 0 Å². The average molecular weight is 277 g/mol. The number of thiophene rings is 1. The van der Waals surface area contributed by atoms with Gasteiger partial charge in [-0.05, 0) is 23.4 Å². The van der Waals surface area contributed by atoms with Crippen molar-refractivity contribution in [1.29, 1.82) is 0 Å². The van der Waals surface area contributed by atoms with Gasteiger partial charge in [0.1, 0.15) is 6.33 Å². The van der Waals surface area contributed by atoms with Crippen LogP contribution in [-0.4, -0.2) is 21.4 Å². The lowest BCUT2D eigenvalue weighted by Crippen LogP contribution is -2.31. The zero-order chi connectivity index (χ0) is 13.4. The first-order chi connectivity index (χ1) is 9.16. The van der Waals surface area contributed by atoms with Crippen molar-refractivity contribution in [3.8, 4) is 0 Å². The lowest BCUT2D eigenvalue weighted by atomic mass is 10.1. The molecule has 0 fully saturated rings. The first kappa shape index (κ1) is 11.8. The highest BCUT2D eigenvalue weighted by atomic mass is 32.1. The van der Waals surface area contributed by atoms with E-state index in [1.807, 2.05) is 16.3 Å². The molecule has 0 bridgehead atoms. The molecule has 1 aliphatic heterocycles. The van der Waals surface area contributed by atoms with Crippen LogP contribution >= 0.6 is 11.3 Å². The van der Waals surface area contributed by atoms with Crippen molar-refractivity contribution >= 4 is 28.7 Å². The van der Waals surface area contributed by atoms with Gasteiger partial charge >= 0.3 is 5.69 Å². The lowest BCUT2D eigenvalue weighted by Gasteiger charge is -2.27. The van der Waals surface area contributed by atoms with Crippen molar-refractivity contribution in [1.82, 2.24) is 9.97 Å². The predicted octanol–water partition coefficient (Wildman–Crippen LogP) is 1.59. The third-order valence-corrected chi connectivity index (χ3v) is 4.14. The van der Waals surface area contributed by atoms with Gasteiger partial charge in [0.2, 0.25) is 11.6 Å². The summed E-state index contributed by atoms with van der Waals surface area (Å²) in [6.07, 6.45) is 2.13. The zero-order valence-corrected chi connectivity index (χ0v) is 10.8. The molecule has 3 heterocycles. The van der Waals surface area contributed by atoms with Crippen LogP contribution < -0.4 is 10.6 Å². The van der Waals surface area contributed by atoms with E-state index >= 15 is 0 Å². The Hall–Kier alpha value is -2.22. The van der Waals surface area contributed by atoms with Crippen molar-refractivity contribution in [2.45, 2.75) is 13.0 Å². The number of nitrogens with two attached hydrogens (primary N) is 1. The number of aromatic nitrogens is 2. The van der Waals surface area contributed by atoms with Gasteiger partial charge in [-0.15, -0.1) is 11.3 Å². The Morgan fingerprint density at radius 2 is 2.32 bits per heavy atom. The van der Waals surface area contributed by atoms with Crippen LogP contribution in [0.2, 0.25) is 0 Å². The molecule has 1 aliphatic rings. The molecule has 0 aromatic carbocycles. The fourth-order valence-corrected chi connectivity index (χ4v) is 3.11. The maximum atomic E-state index is 11.1. The SMILES string of the molecule is Nc1ncnc(N2CCc3sccc3C2)c1[N+](=O)[O-]. The summed E-state index contributed by atoms with van der Waals surface area (Å²) in [6, 6.07) is 2.04. The third kappa shape index (κ3) is 1.99. The summed E-state index contributed by atoms with van der Waals surface area (Å²) in [5, 5.41) is 13.1. The molecule has 0 atom stereocenters. The molecule has 3 rings (SSSR count). The van der Waals surface area contributed by atoms with E-state index in [9.17, 15) is 10.1 Å². The Labute approximate surface area is 112 Å². The number of rotatable bonds is 2. The van der Waals surface area contributed by atoms with E-state index in [1.54, 1.807) is 11.3 Å². The number of nitrogens with zero attached hydrogens (tertiary/aromatic N) is 4. The van der Waals surface area contributed by atoms with Gasteiger partial charge < -0.3 is 10.6 Å². The van der Waals surface area contributed by atoms with Crippen LogP contribution in [-0.2, 0) is 13.0 Å². The molecule has 0 amide bonds. The van der Waals surface area contributed by atoms with Crippen molar-refractivity contribution in [3.05, 3.63) is 38.3 Å². The number of nitrogen functional groups attached to an aromatic ring is 1. The molecule has 8 heteroatoms. The van der Waals surface area contributed by atoms with Gasteiger partial charge in [0.15, 0.2) is 0 Å². The first-order valence-corrected chi connectivity index (χ1v) is 6.60. The van der Waals surface area contributed by atoms with E-state index in [2.05, 4.69) is 9.97 Å². The molecule has 2 N–H and O–H groups in total. The molecule has 0 unspecified atom stereocenters. The predicted molar refractivity (Wildman–Crippen MR) is 72.2 cm³/mol. The smallest absolute Gasteiger partial charge is 0.353 e. The number of anilines is 2. The summed E-state index contributed by atoms with van der Waals surface area (Å²) < 4.78 is 0. The first-order valence-electron chi connectivity index (χ1n) is 5.72. The average Bonchev–Trinajstić information content (AvgIpc) is 2.85. The molecule has 0 spiro atoms. The minimum Gasteiger partial charge on any atom is -0.378 e. The summed E-state index contributed by atoms with van der Waals surface area (Å²) in [5.74, 6) is 0.209. The third-order valence-electron chi connectivity index (χ3n) is 3.12. The number of fused-ring (bicyclic) bond motifs is 1. The fraction of sp³-hybridized carbons (Fsp3) is 0.273. The summed E-state index contributed by atoms with van der Waals surface area (Å²) in [5.41, 5.74) is 6.58. The fourth-order valence-electron chi connectivity index (χ4n) is 2.22. The van der Waals surface area contributed by atoms with Crippen LogP contribution in [0.15, 0.2) is 17.8 Å². The van der Waals surface area contributed by atoms with Crippen molar-refractivity contribution in [3.63, 3.8) is 0 Å². The van der Waals surface area contributed by atoms with E-state index in [4.69, 9.17) is 5.73 Å². The quantitative estimate of drug-likeness (QED) is 0.661. The Morgan fingerprint density at radius 3 is 3.11 bits per heavy atom. The second-order valence-electron chi connectivity index (χ2n) is 4.23. The molecular formula is C11H11N5O2S. The maximum absolute atomic E-state index is 11.1. The molecule has 98 valence electrons. The van der Waals surface area contributed by atoms with E-state index < -0.39 is 4.92 Å². The molecule has 0 radical (unpaired) electrons. The molecule has 0 aliphatic carbocycles. The molecule has 0 saturated heterocycles. The number of hydrogen-bond acceptors (Lipinski definition) is 7. The normalized spacial score (nSPS) is 14.2. The minimum absolute atomic E-state index is 0.0916. The molecule has 2 aromatic rings. The van der Waals surface area contributed by atoms with Crippen LogP contribution in [0.25, 0.3) is 0 Å². The van der Waals surface area contributed by atoms with Gasteiger partial charge in [-0.25, -0.2) is 9.97 Å². The van der Waals surface area contributed by atoms with Crippen LogP contribution in [0.1, 0.15) is 10.4 Å². The minimum atomic E-state index is -0.520. The number of nitro groups is 1. The highest BCUT2D eigenvalue weighted by Crippen LogP contribution is 2.33. The monoisotopic (exact) mass is 277 g/mol. The molecule has 7 nitrogen and oxygen atoms in total. The number of hydrogen-bond donors (Lipinski definition) is 1. The summed E-state index contributed by atoms with van der Waals surface area (Å²) >= 11 is 1.72. The summed E-state index contributed by atoms with van der Waals surface area (Å²) in [4.78, 5) is 21.5. The van der Waals surface area contributed by atoms with Gasteiger partial charge in [0, 0.05) is 18.0 Å². The largest absolute Gasteiger partial charge is 0.378 e. The van der Waals surface area contributed by atoms with Gasteiger partial charge in [-0.2, -0.15) is 0 Å². The van der Waals surface area contributed by atoms with Crippen LogP contribution in [0.4, 0.5) is 17.3 Å². The van der Waals surface area contributed by atoms with E-state index in [1.165, 1.54) is 16.8 Å². The van der Waals surface area contributed by atoms with Gasteiger partial charge in [-0.1, -0.05) is 0 Å². The summed E-state index contributed by atoms with van der Waals surface area (Å²) in [6.45, 7) is 1.32. The van der Waals surface area contributed by atoms with Crippen LogP contribution in [0, 0.1) is 10.1 Å². The molecule has 19 heavy (non-hydrogen) atoms. The molecule has 0 saturated carbocycles. The van der Waals surface area contributed by atoms with E-state index in [-0.39, 0.29) is 11.5 Å². The Balaban J connectivity index is 2.00.